The average Bonchev–Trinajstić information content (AvgIpc) is 2.77. The number of rotatable bonds is 9. The number of hydrogen-bond acceptors (Lipinski definition) is 3. The lowest BCUT2D eigenvalue weighted by Gasteiger charge is -2.13. The van der Waals surface area contributed by atoms with Crippen LogP contribution in [-0.2, 0) is 6.42 Å². The lowest BCUT2D eigenvalue weighted by Crippen LogP contribution is -2.22. The molecule has 0 bridgehead atoms. The largest absolute Gasteiger partial charge is 0.478 e. The van der Waals surface area contributed by atoms with Gasteiger partial charge in [0, 0.05) is 14.7 Å². The van der Waals surface area contributed by atoms with Crippen LogP contribution in [0.25, 0.3) is 11.1 Å². The van der Waals surface area contributed by atoms with Gasteiger partial charge in [-0.15, -0.1) is 0 Å². The van der Waals surface area contributed by atoms with Gasteiger partial charge >= 0.3 is 5.97 Å². The Morgan fingerprint density at radius 1 is 1.03 bits per heavy atom. The monoisotopic (exact) mass is 395 g/mol. The summed E-state index contributed by atoms with van der Waals surface area (Å²) in [6.45, 7) is -3.73. The number of aliphatic hydroxyl groups excluding tert-OH is 1. The van der Waals surface area contributed by atoms with Crippen molar-refractivity contribution in [3.05, 3.63) is 95.1 Å². The van der Waals surface area contributed by atoms with E-state index in [9.17, 15) is 15.0 Å². The third kappa shape index (κ3) is 6.01. The minimum Gasteiger partial charge on any atom is -0.478 e. The van der Waals surface area contributed by atoms with Crippen LogP contribution in [0.2, 0.25) is 0 Å². The maximum atomic E-state index is 11.3. The quantitative estimate of drug-likeness (QED) is 0.495. The summed E-state index contributed by atoms with van der Waals surface area (Å²) in [5.74, 6) is -1.07. The molecule has 0 aliphatic carbocycles. The summed E-state index contributed by atoms with van der Waals surface area (Å²) in [4.78, 5) is 11.3. The van der Waals surface area contributed by atoms with Crippen LogP contribution in [0.1, 0.15) is 47.7 Å². The molecule has 3 aromatic carbocycles. The van der Waals surface area contributed by atoms with Gasteiger partial charge in [-0.25, -0.2) is 4.79 Å². The standard InChI is InChI=1S/C25H27NO3/c1-18-6-2-11-22(14-18)24(27)17-26-13-5-8-19-7-3-9-20(15-19)21-10-4-12-23(16-21)25(28)29/h2-4,6-7,9-12,14-16,24,26-27H,5,8,13,17H2,1H3,(H,28,29)/t24-/m0/s1/i5D2,13D2,17D2. The van der Waals surface area contributed by atoms with E-state index < -0.39 is 37.9 Å². The van der Waals surface area contributed by atoms with Gasteiger partial charge in [0.05, 0.1) is 11.7 Å². The molecule has 0 spiro atoms. The zero-order valence-corrected chi connectivity index (χ0v) is 16.0. The van der Waals surface area contributed by atoms with E-state index in [0.717, 1.165) is 5.56 Å². The van der Waals surface area contributed by atoms with Gasteiger partial charge in [0.15, 0.2) is 0 Å². The van der Waals surface area contributed by atoms with Crippen LogP contribution in [-0.4, -0.2) is 29.2 Å². The number of carboxylic acid groups (broad SMARTS) is 1. The smallest absolute Gasteiger partial charge is 0.335 e. The summed E-state index contributed by atoms with van der Waals surface area (Å²) < 4.78 is 49.8. The zero-order valence-electron chi connectivity index (χ0n) is 22.0. The summed E-state index contributed by atoms with van der Waals surface area (Å²) in [6.07, 6.45) is -4.68. The van der Waals surface area contributed by atoms with Gasteiger partial charge in [-0.05, 0) is 60.6 Å². The van der Waals surface area contributed by atoms with Gasteiger partial charge in [0.1, 0.15) is 0 Å². The maximum absolute atomic E-state index is 11.3. The topological polar surface area (TPSA) is 69.6 Å². The van der Waals surface area contributed by atoms with Gasteiger partial charge in [-0.1, -0.05) is 66.2 Å². The van der Waals surface area contributed by atoms with Crippen LogP contribution >= 0.6 is 0 Å². The summed E-state index contributed by atoms with van der Waals surface area (Å²) in [6, 6.07) is 19.5. The van der Waals surface area contributed by atoms with Crippen LogP contribution < -0.4 is 5.32 Å². The summed E-state index contributed by atoms with van der Waals surface area (Å²) >= 11 is 0. The average molecular weight is 396 g/mol. The van der Waals surface area contributed by atoms with E-state index in [-0.39, 0.29) is 11.1 Å². The fourth-order valence-corrected chi connectivity index (χ4v) is 2.91. The van der Waals surface area contributed by atoms with E-state index >= 15 is 0 Å². The Morgan fingerprint density at radius 2 is 1.76 bits per heavy atom. The Morgan fingerprint density at radius 3 is 2.52 bits per heavy atom. The molecular weight excluding hydrogens is 362 g/mol. The highest BCUT2D eigenvalue weighted by molar-refractivity contribution is 5.89. The van der Waals surface area contributed by atoms with E-state index in [1.54, 1.807) is 61.5 Å². The number of aliphatic hydroxyl groups is 1. The highest BCUT2D eigenvalue weighted by Gasteiger charge is 2.07. The Labute approximate surface area is 180 Å². The molecule has 0 amide bonds. The number of aryl methyl sites for hydroxylation is 2. The molecule has 0 saturated heterocycles. The second-order valence-electron chi connectivity index (χ2n) is 6.65. The zero-order chi connectivity index (χ0) is 26.0. The summed E-state index contributed by atoms with van der Waals surface area (Å²) in [7, 11) is 0. The molecule has 0 aromatic heterocycles. The first-order valence-corrected chi connectivity index (χ1v) is 9.18. The molecule has 1 atom stereocenters. The molecular formula is C25H27NO3. The van der Waals surface area contributed by atoms with Crippen molar-refractivity contribution in [3.8, 4) is 11.1 Å². The van der Waals surface area contributed by atoms with Crippen molar-refractivity contribution in [2.75, 3.05) is 13.0 Å². The highest BCUT2D eigenvalue weighted by atomic mass is 16.4. The van der Waals surface area contributed by atoms with Crippen molar-refractivity contribution >= 4 is 5.97 Å². The first-order valence-electron chi connectivity index (χ1n) is 12.2. The van der Waals surface area contributed by atoms with Crippen molar-refractivity contribution in [2.45, 2.75) is 25.8 Å². The van der Waals surface area contributed by atoms with E-state index in [4.69, 9.17) is 8.22 Å². The molecule has 0 saturated carbocycles. The van der Waals surface area contributed by atoms with Crippen molar-refractivity contribution < 1.29 is 23.2 Å². The molecule has 4 heteroatoms. The third-order valence-corrected chi connectivity index (χ3v) is 4.38. The lowest BCUT2D eigenvalue weighted by atomic mass is 9.99. The van der Waals surface area contributed by atoms with E-state index in [0.29, 0.717) is 16.7 Å². The Hall–Kier alpha value is -2.95. The van der Waals surface area contributed by atoms with Crippen LogP contribution in [0.4, 0.5) is 0 Å². The molecule has 3 N–H and O–H groups in total. The molecule has 3 aromatic rings. The van der Waals surface area contributed by atoms with Crippen molar-refractivity contribution in [1.29, 1.82) is 0 Å². The van der Waals surface area contributed by atoms with Crippen LogP contribution in [0.5, 0.6) is 0 Å². The molecule has 0 unspecified atom stereocenters. The SMILES string of the molecule is [2H]C([2H])(NC([2H])([2H])C([2H])([2H])Cc1cccc(-c2cccc(C(=O)O)c2)c1)[C@H](O)c1cccc(C)c1. The second-order valence-corrected chi connectivity index (χ2v) is 6.65. The Balaban J connectivity index is 1.82. The van der Waals surface area contributed by atoms with Gasteiger partial charge < -0.3 is 15.5 Å². The molecule has 0 fully saturated rings. The molecule has 3 rings (SSSR count). The Bertz CT molecular complexity index is 1220. The van der Waals surface area contributed by atoms with Crippen LogP contribution in [0.15, 0.2) is 72.8 Å². The van der Waals surface area contributed by atoms with Gasteiger partial charge in [-0.3, -0.25) is 0 Å². The summed E-state index contributed by atoms with van der Waals surface area (Å²) in [5, 5.41) is 21.8. The first kappa shape index (κ1) is 14.1. The lowest BCUT2D eigenvalue weighted by molar-refractivity contribution is 0.0697. The van der Waals surface area contributed by atoms with Crippen molar-refractivity contribution in [3.63, 3.8) is 0 Å². The fraction of sp³-hybridized carbons (Fsp3) is 0.240. The molecule has 4 nitrogen and oxygen atoms in total. The normalized spacial score (nSPS) is 16.5. The van der Waals surface area contributed by atoms with Crippen molar-refractivity contribution in [1.82, 2.24) is 5.32 Å². The fourth-order valence-electron chi connectivity index (χ4n) is 2.91. The number of carboxylic acids is 1. The predicted octanol–water partition coefficient (Wildman–Crippen LogP) is 4.62. The van der Waals surface area contributed by atoms with E-state index in [1.165, 1.54) is 18.2 Å². The molecule has 150 valence electrons. The maximum Gasteiger partial charge on any atom is 0.335 e. The van der Waals surface area contributed by atoms with Crippen LogP contribution in [0, 0.1) is 6.92 Å². The number of benzene rings is 3. The van der Waals surface area contributed by atoms with Crippen LogP contribution in [0.3, 0.4) is 0 Å². The number of hydrogen-bond donors (Lipinski definition) is 3. The number of nitrogens with one attached hydrogen (secondary N) is 1. The minimum atomic E-state index is -2.85. The van der Waals surface area contributed by atoms with Gasteiger partial charge in [0.25, 0.3) is 0 Å². The molecule has 29 heavy (non-hydrogen) atoms. The molecule has 0 heterocycles. The van der Waals surface area contributed by atoms with E-state index in [2.05, 4.69) is 5.32 Å². The summed E-state index contributed by atoms with van der Waals surface area (Å²) in [5.41, 5.74) is 2.85. The Kier molecular flexibility index (Phi) is 4.87. The predicted molar refractivity (Wildman–Crippen MR) is 116 cm³/mol. The number of carbonyl (C=O) groups is 1. The minimum absolute atomic E-state index is 0.109. The molecule has 0 radical (unpaired) electrons. The highest BCUT2D eigenvalue weighted by Crippen LogP contribution is 2.22. The first-order chi connectivity index (χ1) is 16.2. The van der Waals surface area contributed by atoms with Gasteiger partial charge in [-0.2, -0.15) is 0 Å². The molecule has 0 aliphatic rings. The van der Waals surface area contributed by atoms with E-state index in [1.807, 2.05) is 0 Å². The second kappa shape index (κ2) is 10.0. The third-order valence-electron chi connectivity index (χ3n) is 4.38. The van der Waals surface area contributed by atoms with Crippen molar-refractivity contribution in [2.24, 2.45) is 0 Å². The number of aromatic carboxylic acids is 1. The molecule has 0 aliphatic heterocycles. The van der Waals surface area contributed by atoms with Gasteiger partial charge in [0.2, 0.25) is 0 Å².